The van der Waals surface area contributed by atoms with Gasteiger partial charge >= 0.3 is 18.1 Å². The Kier molecular flexibility index (Phi) is 6.75. The van der Waals surface area contributed by atoms with E-state index in [1.807, 2.05) is 0 Å². The summed E-state index contributed by atoms with van der Waals surface area (Å²) in [6.45, 7) is 0.968. The van der Waals surface area contributed by atoms with Crippen LogP contribution in [-0.2, 0) is 30.3 Å². The minimum atomic E-state index is -5.21. The molecule has 1 amide bonds. The minimum absolute atomic E-state index is 0.0686. The summed E-state index contributed by atoms with van der Waals surface area (Å²) < 4.78 is 44.9. The van der Waals surface area contributed by atoms with E-state index in [4.69, 9.17) is 0 Å². The van der Waals surface area contributed by atoms with Gasteiger partial charge in [0.15, 0.2) is 6.10 Å². The average molecular weight is 347 g/mol. The Morgan fingerprint density at radius 2 is 1.75 bits per heavy atom. The highest BCUT2D eigenvalue weighted by atomic mass is 19.4. The Morgan fingerprint density at radius 1 is 1.17 bits per heavy atom. The van der Waals surface area contributed by atoms with Crippen LogP contribution in [0.4, 0.5) is 13.2 Å². The third-order valence-corrected chi connectivity index (χ3v) is 2.97. The second kappa shape index (κ2) is 8.32. The lowest BCUT2D eigenvalue weighted by molar-refractivity contribution is -0.204. The molecule has 0 aromatic heterocycles. The van der Waals surface area contributed by atoms with Gasteiger partial charge in [0.1, 0.15) is 6.04 Å². The molecule has 2 atom stereocenters. The minimum Gasteiger partial charge on any atom is -0.467 e. The Morgan fingerprint density at radius 3 is 2.25 bits per heavy atom. The summed E-state index contributed by atoms with van der Waals surface area (Å²) in [5.74, 6) is -4.30. The van der Waals surface area contributed by atoms with Crippen molar-refractivity contribution in [3.05, 3.63) is 35.9 Å². The maximum Gasteiger partial charge on any atom is 0.490 e. The summed E-state index contributed by atoms with van der Waals surface area (Å²) in [4.78, 5) is 34.3. The Bertz CT molecular complexity index is 589. The van der Waals surface area contributed by atoms with Crippen LogP contribution in [0.25, 0.3) is 0 Å². The molecule has 0 saturated carbocycles. The van der Waals surface area contributed by atoms with Gasteiger partial charge in [-0.1, -0.05) is 30.3 Å². The molecule has 0 saturated heterocycles. The normalized spacial score (nSPS) is 13.5. The highest BCUT2D eigenvalue weighted by Crippen LogP contribution is 2.17. The van der Waals surface area contributed by atoms with Crippen LogP contribution in [0, 0.1) is 0 Å². The number of nitrogens with one attached hydrogen (secondary N) is 1. The number of carbonyl (C=O) groups is 3. The molecule has 0 fully saturated rings. The topological polar surface area (TPSA) is 81.7 Å². The lowest BCUT2D eigenvalue weighted by Crippen LogP contribution is -2.48. The Labute approximate surface area is 135 Å². The van der Waals surface area contributed by atoms with Crippen LogP contribution >= 0.6 is 0 Å². The van der Waals surface area contributed by atoms with Crippen molar-refractivity contribution < 1.29 is 37.0 Å². The number of esters is 2. The van der Waals surface area contributed by atoms with Gasteiger partial charge in [-0.3, -0.25) is 4.79 Å². The highest BCUT2D eigenvalue weighted by Gasteiger charge is 2.42. The smallest absolute Gasteiger partial charge is 0.467 e. The molecule has 6 nitrogen and oxygen atoms in total. The first kappa shape index (κ1) is 19.5. The van der Waals surface area contributed by atoms with E-state index in [2.05, 4.69) is 14.8 Å². The number of ether oxygens (including phenoxy) is 2. The van der Waals surface area contributed by atoms with Gasteiger partial charge in [0.25, 0.3) is 5.91 Å². The van der Waals surface area contributed by atoms with E-state index in [1.165, 1.54) is 0 Å². The largest absolute Gasteiger partial charge is 0.490 e. The molecule has 0 unspecified atom stereocenters. The lowest BCUT2D eigenvalue weighted by Gasteiger charge is -2.20. The molecule has 24 heavy (non-hydrogen) atoms. The Hall–Kier alpha value is -2.58. The first-order valence-electron chi connectivity index (χ1n) is 6.85. The van der Waals surface area contributed by atoms with Crippen molar-refractivity contribution in [2.75, 3.05) is 7.11 Å². The maximum atomic E-state index is 12.1. The zero-order valence-corrected chi connectivity index (χ0v) is 12.9. The average Bonchev–Trinajstić information content (AvgIpc) is 2.53. The van der Waals surface area contributed by atoms with Gasteiger partial charge in [-0.15, -0.1) is 0 Å². The zero-order valence-electron chi connectivity index (χ0n) is 12.9. The van der Waals surface area contributed by atoms with Crippen LogP contribution in [0.15, 0.2) is 30.3 Å². The van der Waals surface area contributed by atoms with E-state index < -0.39 is 36.2 Å². The number of carbonyl (C=O) groups excluding carboxylic acids is 3. The molecule has 0 radical (unpaired) electrons. The van der Waals surface area contributed by atoms with Crippen molar-refractivity contribution in [1.29, 1.82) is 0 Å². The molecule has 1 rings (SSSR count). The summed E-state index contributed by atoms with van der Waals surface area (Å²) in [5.41, 5.74) is 0.702. The van der Waals surface area contributed by atoms with Crippen molar-refractivity contribution in [3.63, 3.8) is 0 Å². The van der Waals surface area contributed by atoms with Crippen molar-refractivity contribution in [3.8, 4) is 0 Å². The molecule has 0 aliphatic rings. The monoisotopic (exact) mass is 347 g/mol. The molecule has 0 bridgehead atoms. The van der Waals surface area contributed by atoms with Crippen LogP contribution in [-0.4, -0.2) is 43.3 Å². The van der Waals surface area contributed by atoms with Gasteiger partial charge in [-0.2, -0.15) is 13.2 Å². The van der Waals surface area contributed by atoms with E-state index >= 15 is 0 Å². The number of alkyl halides is 3. The van der Waals surface area contributed by atoms with Crippen LogP contribution in [0.5, 0.6) is 0 Å². The third kappa shape index (κ3) is 5.90. The lowest BCUT2D eigenvalue weighted by atomic mass is 10.1. The molecule has 0 heterocycles. The third-order valence-electron chi connectivity index (χ3n) is 2.97. The molecule has 0 spiro atoms. The molecule has 1 aromatic carbocycles. The summed E-state index contributed by atoms with van der Waals surface area (Å²) in [6, 6.07) is 7.48. The van der Waals surface area contributed by atoms with Crippen LogP contribution < -0.4 is 5.32 Å². The fourth-order valence-electron chi connectivity index (χ4n) is 1.76. The molecular weight excluding hydrogens is 331 g/mol. The van der Waals surface area contributed by atoms with Gasteiger partial charge in [0, 0.05) is 6.42 Å². The van der Waals surface area contributed by atoms with E-state index in [1.54, 1.807) is 30.3 Å². The fraction of sp³-hybridized carbons (Fsp3) is 0.400. The molecule has 9 heteroatoms. The van der Waals surface area contributed by atoms with Crippen molar-refractivity contribution >= 4 is 17.8 Å². The fourth-order valence-corrected chi connectivity index (χ4v) is 1.76. The van der Waals surface area contributed by atoms with Gasteiger partial charge in [0.05, 0.1) is 7.11 Å². The van der Waals surface area contributed by atoms with E-state index in [-0.39, 0.29) is 6.42 Å². The van der Waals surface area contributed by atoms with Crippen LogP contribution in [0.1, 0.15) is 12.5 Å². The van der Waals surface area contributed by atoms with Gasteiger partial charge in [0.2, 0.25) is 0 Å². The van der Waals surface area contributed by atoms with E-state index in [0.29, 0.717) is 5.56 Å². The molecule has 0 aliphatic carbocycles. The second-order valence-electron chi connectivity index (χ2n) is 4.82. The summed E-state index contributed by atoms with van der Waals surface area (Å²) in [6.07, 6.45) is -6.86. The predicted octanol–water partition coefficient (Wildman–Crippen LogP) is 1.38. The Balaban J connectivity index is 2.74. The van der Waals surface area contributed by atoms with Crippen molar-refractivity contribution in [2.45, 2.75) is 31.7 Å². The zero-order chi connectivity index (χ0) is 18.3. The summed E-state index contributed by atoms with van der Waals surface area (Å²) in [7, 11) is 1.11. The van der Waals surface area contributed by atoms with Crippen LogP contribution in [0.3, 0.4) is 0 Å². The second-order valence-corrected chi connectivity index (χ2v) is 4.82. The number of amides is 1. The summed E-state index contributed by atoms with van der Waals surface area (Å²) >= 11 is 0. The first-order chi connectivity index (χ1) is 11.1. The highest BCUT2D eigenvalue weighted by molar-refractivity contribution is 5.88. The SMILES string of the molecule is COC(=O)[C@H](Cc1ccccc1)NC(=O)[C@@H](C)OC(=O)C(F)(F)F. The molecule has 1 aromatic rings. The standard InChI is InChI=1S/C15H16F3NO5/c1-9(24-14(22)15(16,17)18)12(20)19-11(13(21)23-2)8-10-6-4-3-5-7-10/h3-7,9,11H,8H2,1-2H3,(H,19,20)/t9-,11+/m1/s1. The number of hydrogen-bond donors (Lipinski definition) is 1. The maximum absolute atomic E-state index is 12.1. The first-order valence-corrected chi connectivity index (χ1v) is 6.85. The molecular formula is C15H16F3NO5. The number of hydrogen-bond acceptors (Lipinski definition) is 5. The molecule has 0 aliphatic heterocycles. The van der Waals surface area contributed by atoms with Gasteiger partial charge in [-0.25, -0.2) is 9.59 Å². The van der Waals surface area contributed by atoms with Crippen LogP contribution in [0.2, 0.25) is 0 Å². The predicted molar refractivity (Wildman–Crippen MR) is 75.7 cm³/mol. The number of rotatable bonds is 6. The van der Waals surface area contributed by atoms with Gasteiger partial charge in [-0.05, 0) is 12.5 Å². The summed E-state index contributed by atoms with van der Waals surface area (Å²) in [5, 5.41) is 2.21. The number of benzene rings is 1. The van der Waals surface area contributed by atoms with E-state index in [0.717, 1.165) is 14.0 Å². The van der Waals surface area contributed by atoms with E-state index in [9.17, 15) is 27.6 Å². The van der Waals surface area contributed by atoms with Crippen molar-refractivity contribution in [2.24, 2.45) is 0 Å². The molecule has 1 N–H and O–H groups in total. The molecule has 132 valence electrons. The quantitative estimate of drug-likeness (QED) is 0.787. The van der Waals surface area contributed by atoms with Gasteiger partial charge < -0.3 is 14.8 Å². The van der Waals surface area contributed by atoms with Crippen molar-refractivity contribution in [1.82, 2.24) is 5.32 Å². The number of halogens is 3. The number of methoxy groups -OCH3 is 1.